The van der Waals surface area contributed by atoms with Crippen LogP contribution in [0.25, 0.3) is 0 Å². The normalized spacial score (nSPS) is 10.8. The Balaban J connectivity index is 2.37. The summed E-state index contributed by atoms with van der Waals surface area (Å²) >= 11 is 0. The minimum absolute atomic E-state index is 0.498. The fraction of sp³-hybridized carbons (Fsp3) is 0.333. The van der Waals surface area contributed by atoms with E-state index in [1.165, 1.54) is 0 Å². The lowest BCUT2D eigenvalue weighted by atomic mass is 10.1. The number of hydrogen-bond acceptors (Lipinski definition) is 3. The van der Waals surface area contributed by atoms with Crippen molar-refractivity contribution in [1.82, 2.24) is 0 Å². The van der Waals surface area contributed by atoms with Gasteiger partial charge in [0, 0.05) is 6.42 Å². The summed E-state index contributed by atoms with van der Waals surface area (Å²) in [7, 11) is 0. The molecule has 0 saturated carbocycles. The minimum atomic E-state index is 0.498. The zero-order valence-electron chi connectivity index (χ0n) is 8.81. The second-order valence-corrected chi connectivity index (χ2v) is 3.14. The molecule has 0 bridgehead atoms. The third-order valence-corrected chi connectivity index (χ3v) is 1.92. The largest absolute Gasteiger partial charge is 0.396 e. The van der Waals surface area contributed by atoms with Gasteiger partial charge in [0.15, 0.2) is 0 Å². The zero-order chi connectivity index (χ0) is 10.9. The van der Waals surface area contributed by atoms with Crippen molar-refractivity contribution in [3.63, 3.8) is 0 Å². The van der Waals surface area contributed by atoms with Gasteiger partial charge < -0.3 is 4.84 Å². The fourth-order valence-electron chi connectivity index (χ4n) is 1.09. The zero-order valence-corrected chi connectivity index (χ0v) is 8.81. The van der Waals surface area contributed by atoms with Crippen molar-refractivity contribution in [3.8, 4) is 6.07 Å². The molecule has 3 nitrogen and oxygen atoms in total. The third kappa shape index (κ3) is 4.28. The first-order valence-electron chi connectivity index (χ1n) is 4.93. The minimum Gasteiger partial charge on any atom is -0.396 e. The van der Waals surface area contributed by atoms with Crippen molar-refractivity contribution in [1.29, 1.82) is 5.26 Å². The summed E-state index contributed by atoms with van der Waals surface area (Å²) in [6.07, 6.45) is 1.24. The first kappa shape index (κ1) is 11.3. The van der Waals surface area contributed by atoms with Crippen LogP contribution in [0, 0.1) is 11.3 Å². The van der Waals surface area contributed by atoms with Crippen LogP contribution in [0.1, 0.15) is 25.3 Å². The Morgan fingerprint density at radius 2 is 2.13 bits per heavy atom. The smallest absolute Gasteiger partial charge is 0.118 e. The van der Waals surface area contributed by atoms with Gasteiger partial charge in [0.2, 0.25) is 0 Å². The van der Waals surface area contributed by atoms with E-state index in [1.807, 2.05) is 37.3 Å². The van der Waals surface area contributed by atoms with E-state index in [0.29, 0.717) is 13.0 Å². The van der Waals surface area contributed by atoms with Crippen LogP contribution in [0.3, 0.4) is 0 Å². The van der Waals surface area contributed by atoms with Gasteiger partial charge in [0.1, 0.15) is 6.61 Å². The molecule has 78 valence electrons. The van der Waals surface area contributed by atoms with Crippen molar-refractivity contribution in [3.05, 3.63) is 35.9 Å². The molecule has 0 aliphatic rings. The molecule has 0 radical (unpaired) electrons. The van der Waals surface area contributed by atoms with Crippen LogP contribution in [0.2, 0.25) is 0 Å². The summed E-state index contributed by atoms with van der Waals surface area (Å²) < 4.78 is 0. The molecule has 0 fully saturated rings. The van der Waals surface area contributed by atoms with Crippen LogP contribution >= 0.6 is 0 Å². The second-order valence-electron chi connectivity index (χ2n) is 3.14. The molecule has 0 aromatic heterocycles. The standard InChI is InChI=1S/C12H14N2O/c1-11(12-7-3-2-4-8-12)14-15-10-6-5-9-13/h2-4,7-8H,5-6,10H2,1H3/b14-11+. The van der Waals surface area contributed by atoms with Crippen LogP contribution in [-0.4, -0.2) is 12.3 Å². The van der Waals surface area contributed by atoms with Gasteiger partial charge in [-0.25, -0.2) is 0 Å². The van der Waals surface area contributed by atoms with E-state index in [9.17, 15) is 0 Å². The number of nitriles is 1. The van der Waals surface area contributed by atoms with Gasteiger partial charge in [-0.3, -0.25) is 0 Å². The fourth-order valence-corrected chi connectivity index (χ4v) is 1.09. The Morgan fingerprint density at radius 3 is 2.80 bits per heavy atom. The Morgan fingerprint density at radius 1 is 1.40 bits per heavy atom. The molecule has 0 atom stereocenters. The molecule has 1 rings (SSSR count). The van der Waals surface area contributed by atoms with Crippen LogP contribution in [0.15, 0.2) is 35.5 Å². The summed E-state index contributed by atoms with van der Waals surface area (Å²) in [5, 5.41) is 12.3. The highest BCUT2D eigenvalue weighted by Gasteiger charge is 1.95. The Bertz CT molecular complexity index is 352. The average molecular weight is 202 g/mol. The maximum absolute atomic E-state index is 8.31. The SMILES string of the molecule is C/C(=N\OCCCC#N)c1ccccc1. The second kappa shape index (κ2) is 6.61. The number of rotatable bonds is 5. The van der Waals surface area contributed by atoms with Crippen molar-refractivity contribution in [2.24, 2.45) is 5.16 Å². The highest BCUT2D eigenvalue weighted by molar-refractivity contribution is 5.98. The first-order valence-corrected chi connectivity index (χ1v) is 4.93. The van der Waals surface area contributed by atoms with E-state index < -0.39 is 0 Å². The molecule has 0 aliphatic carbocycles. The molecule has 0 spiro atoms. The van der Waals surface area contributed by atoms with E-state index in [0.717, 1.165) is 17.7 Å². The van der Waals surface area contributed by atoms with E-state index in [1.54, 1.807) is 0 Å². The van der Waals surface area contributed by atoms with E-state index >= 15 is 0 Å². The van der Waals surface area contributed by atoms with Gasteiger partial charge in [-0.2, -0.15) is 5.26 Å². The molecule has 0 saturated heterocycles. The number of nitrogens with zero attached hydrogens (tertiary/aromatic N) is 2. The molecule has 0 aliphatic heterocycles. The van der Waals surface area contributed by atoms with Crippen LogP contribution in [0.5, 0.6) is 0 Å². The van der Waals surface area contributed by atoms with Crippen LogP contribution < -0.4 is 0 Å². The number of benzene rings is 1. The molecular formula is C12H14N2O. The average Bonchev–Trinajstić information content (AvgIpc) is 2.30. The predicted octanol–water partition coefficient (Wildman–Crippen LogP) is 2.73. The van der Waals surface area contributed by atoms with Crippen molar-refractivity contribution < 1.29 is 4.84 Å². The lowest BCUT2D eigenvalue weighted by Gasteiger charge is -2.00. The van der Waals surface area contributed by atoms with Gasteiger partial charge in [-0.15, -0.1) is 0 Å². The first-order chi connectivity index (χ1) is 7.34. The van der Waals surface area contributed by atoms with Gasteiger partial charge in [0.05, 0.1) is 11.8 Å². The van der Waals surface area contributed by atoms with E-state index in [2.05, 4.69) is 11.2 Å². The summed E-state index contributed by atoms with van der Waals surface area (Å²) in [4.78, 5) is 5.09. The monoisotopic (exact) mass is 202 g/mol. The lowest BCUT2D eigenvalue weighted by molar-refractivity contribution is 0.142. The lowest BCUT2D eigenvalue weighted by Crippen LogP contribution is -1.96. The molecule has 15 heavy (non-hydrogen) atoms. The number of oxime groups is 1. The highest BCUT2D eigenvalue weighted by Crippen LogP contribution is 2.01. The quantitative estimate of drug-likeness (QED) is 0.418. The molecule has 3 heteroatoms. The molecule has 1 aromatic rings. The van der Waals surface area contributed by atoms with Crippen molar-refractivity contribution in [2.45, 2.75) is 19.8 Å². The maximum Gasteiger partial charge on any atom is 0.118 e. The third-order valence-electron chi connectivity index (χ3n) is 1.92. The van der Waals surface area contributed by atoms with Crippen molar-refractivity contribution in [2.75, 3.05) is 6.61 Å². The maximum atomic E-state index is 8.31. The Hall–Kier alpha value is -1.82. The van der Waals surface area contributed by atoms with Crippen LogP contribution in [0.4, 0.5) is 0 Å². The Labute approximate surface area is 90.0 Å². The van der Waals surface area contributed by atoms with Crippen molar-refractivity contribution >= 4 is 5.71 Å². The molecule has 0 heterocycles. The predicted molar refractivity (Wildman–Crippen MR) is 59.5 cm³/mol. The summed E-state index contributed by atoms with van der Waals surface area (Å²) in [6, 6.07) is 11.9. The molecule has 0 N–H and O–H groups in total. The summed E-state index contributed by atoms with van der Waals surface area (Å²) in [6.45, 7) is 2.40. The molecule has 1 aromatic carbocycles. The van der Waals surface area contributed by atoms with Gasteiger partial charge >= 0.3 is 0 Å². The van der Waals surface area contributed by atoms with Gasteiger partial charge in [-0.1, -0.05) is 35.5 Å². The van der Waals surface area contributed by atoms with E-state index in [-0.39, 0.29) is 0 Å². The van der Waals surface area contributed by atoms with E-state index in [4.69, 9.17) is 10.1 Å². The number of unbranched alkanes of at least 4 members (excludes halogenated alkanes) is 1. The van der Waals surface area contributed by atoms with Gasteiger partial charge in [-0.05, 0) is 18.9 Å². The molecular weight excluding hydrogens is 188 g/mol. The summed E-state index contributed by atoms with van der Waals surface area (Å²) in [5.41, 5.74) is 1.91. The van der Waals surface area contributed by atoms with Crippen LogP contribution in [-0.2, 0) is 4.84 Å². The highest BCUT2D eigenvalue weighted by atomic mass is 16.6. The van der Waals surface area contributed by atoms with Gasteiger partial charge in [0.25, 0.3) is 0 Å². The topological polar surface area (TPSA) is 45.4 Å². The molecule has 0 unspecified atom stereocenters. The molecule has 0 amide bonds. The number of hydrogen-bond donors (Lipinski definition) is 0. The summed E-state index contributed by atoms with van der Waals surface area (Å²) in [5.74, 6) is 0. The Kier molecular flexibility index (Phi) is 4.96.